The number of hydrogen-bond acceptors (Lipinski definition) is 5. The first-order chi connectivity index (χ1) is 11.9. The predicted octanol–water partition coefficient (Wildman–Crippen LogP) is 3.08. The largest absolute Gasteiger partial charge is 0.508 e. The summed E-state index contributed by atoms with van der Waals surface area (Å²) in [5.74, 6) is -1.33. The molecule has 0 saturated carbocycles. The van der Waals surface area contributed by atoms with Gasteiger partial charge in [-0.2, -0.15) is 5.01 Å². The number of amides is 2. The van der Waals surface area contributed by atoms with Crippen molar-refractivity contribution in [1.29, 1.82) is 0 Å². The molecular weight excluding hydrogens is 363 g/mol. The van der Waals surface area contributed by atoms with Gasteiger partial charge in [0.1, 0.15) is 11.6 Å². The number of rotatable bonds is 3. The second-order valence-electron chi connectivity index (χ2n) is 5.06. The van der Waals surface area contributed by atoms with E-state index in [-0.39, 0.29) is 21.5 Å². The van der Waals surface area contributed by atoms with E-state index in [9.17, 15) is 19.1 Å². The van der Waals surface area contributed by atoms with Gasteiger partial charge in [-0.1, -0.05) is 23.9 Å². The Balaban J connectivity index is 1.76. The maximum Gasteiger partial charge on any atom is 0.285 e. The van der Waals surface area contributed by atoms with Gasteiger partial charge in [0.25, 0.3) is 11.8 Å². The van der Waals surface area contributed by atoms with Crippen LogP contribution in [0.25, 0.3) is 6.08 Å². The third kappa shape index (κ3) is 3.86. The van der Waals surface area contributed by atoms with Crippen molar-refractivity contribution in [3.63, 3.8) is 0 Å². The first-order valence-corrected chi connectivity index (χ1v) is 8.30. The lowest BCUT2D eigenvalue weighted by Gasteiger charge is -2.15. The summed E-state index contributed by atoms with van der Waals surface area (Å²) < 4.78 is 13.1. The van der Waals surface area contributed by atoms with Gasteiger partial charge in [-0.05, 0) is 60.3 Å². The van der Waals surface area contributed by atoms with Crippen LogP contribution in [0, 0.1) is 5.82 Å². The summed E-state index contributed by atoms with van der Waals surface area (Å²) in [5, 5.41) is 10.2. The summed E-state index contributed by atoms with van der Waals surface area (Å²) in [6.07, 6.45) is 1.57. The second kappa shape index (κ2) is 7.04. The van der Waals surface area contributed by atoms with Gasteiger partial charge in [0.2, 0.25) is 0 Å². The van der Waals surface area contributed by atoms with Crippen LogP contribution in [0.15, 0.2) is 53.4 Å². The number of aromatic hydroxyl groups is 1. The van der Waals surface area contributed by atoms with Crippen LogP contribution in [-0.2, 0) is 4.79 Å². The summed E-state index contributed by atoms with van der Waals surface area (Å²) in [7, 11) is 0. The van der Waals surface area contributed by atoms with Crippen LogP contribution in [0.1, 0.15) is 15.9 Å². The van der Waals surface area contributed by atoms with E-state index < -0.39 is 11.8 Å². The van der Waals surface area contributed by atoms with E-state index in [4.69, 9.17) is 12.2 Å². The molecule has 1 heterocycles. The summed E-state index contributed by atoms with van der Waals surface area (Å²) in [6.45, 7) is 0. The van der Waals surface area contributed by atoms with Gasteiger partial charge in [0.15, 0.2) is 4.32 Å². The summed E-state index contributed by atoms with van der Waals surface area (Å²) in [5.41, 5.74) is 3.36. The van der Waals surface area contributed by atoms with Gasteiger partial charge >= 0.3 is 0 Å². The molecule has 0 radical (unpaired) electrons. The van der Waals surface area contributed by atoms with E-state index in [1.807, 2.05) is 0 Å². The van der Waals surface area contributed by atoms with Gasteiger partial charge in [0.05, 0.1) is 4.91 Å². The summed E-state index contributed by atoms with van der Waals surface area (Å²) in [6, 6.07) is 11.3. The Labute approximate surface area is 152 Å². The van der Waals surface area contributed by atoms with Gasteiger partial charge in [-0.15, -0.1) is 0 Å². The highest BCUT2D eigenvalue weighted by molar-refractivity contribution is 8.26. The van der Waals surface area contributed by atoms with E-state index in [0.717, 1.165) is 16.8 Å². The number of carbonyl (C=O) groups excluding carboxylic acids is 2. The molecule has 8 heteroatoms. The first kappa shape index (κ1) is 17.1. The van der Waals surface area contributed by atoms with Crippen LogP contribution >= 0.6 is 24.0 Å². The number of phenols is 1. The van der Waals surface area contributed by atoms with Gasteiger partial charge in [0, 0.05) is 5.56 Å². The Kier molecular flexibility index (Phi) is 4.82. The van der Waals surface area contributed by atoms with Crippen LogP contribution in [0.3, 0.4) is 0 Å². The molecule has 2 N–H and O–H groups in total. The number of thiocarbonyl (C=S) groups is 1. The summed E-state index contributed by atoms with van der Waals surface area (Å²) in [4.78, 5) is 24.9. The van der Waals surface area contributed by atoms with Crippen molar-refractivity contribution in [2.24, 2.45) is 0 Å². The average Bonchev–Trinajstić information content (AvgIpc) is 2.85. The molecule has 5 nitrogen and oxygen atoms in total. The molecule has 0 aliphatic carbocycles. The highest BCUT2D eigenvalue weighted by Gasteiger charge is 2.33. The smallest absolute Gasteiger partial charge is 0.285 e. The van der Waals surface area contributed by atoms with Crippen molar-refractivity contribution in [3.8, 4) is 5.75 Å². The monoisotopic (exact) mass is 374 g/mol. The minimum absolute atomic E-state index is 0.0318. The molecule has 2 amide bonds. The molecule has 25 heavy (non-hydrogen) atoms. The number of hydrogen-bond donors (Lipinski definition) is 2. The van der Waals surface area contributed by atoms with Crippen LogP contribution in [0.4, 0.5) is 4.39 Å². The number of nitrogens with one attached hydrogen (secondary N) is 1. The van der Waals surface area contributed by atoms with Crippen molar-refractivity contribution < 1.29 is 19.1 Å². The highest BCUT2D eigenvalue weighted by Crippen LogP contribution is 2.31. The standard InChI is InChI=1S/C17H11FN2O3S2/c18-12-5-1-10(2-6-12)9-14-16(23)20(17(24)25-14)19-15(22)11-3-7-13(21)8-4-11/h1-9,21H,(H,19,22)/b14-9-. The van der Waals surface area contributed by atoms with Gasteiger partial charge in [-0.3, -0.25) is 15.0 Å². The van der Waals surface area contributed by atoms with Crippen molar-refractivity contribution in [3.05, 3.63) is 70.4 Å². The molecular formula is C17H11FN2O3S2. The minimum atomic E-state index is -0.528. The van der Waals surface area contributed by atoms with Crippen LogP contribution < -0.4 is 5.43 Å². The maximum absolute atomic E-state index is 12.9. The number of thioether (sulfide) groups is 1. The third-order valence-corrected chi connectivity index (χ3v) is 4.61. The van der Waals surface area contributed by atoms with Crippen LogP contribution in [0.2, 0.25) is 0 Å². The van der Waals surface area contributed by atoms with Crippen molar-refractivity contribution in [2.45, 2.75) is 0 Å². The van der Waals surface area contributed by atoms with Gasteiger partial charge < -0.3 is 5.11 Å². The molecule has 126 valence electrons. The molecule has 0 unspecified atom stereocenters. The van der Waals surface area contributed by atoms with Crippen molar-refractivity contribution in [1.82, 2.24) is 10.4 Å². The molecule has 1 fully saturated rings. The normalized spacial score (nSPS) is 15.7. The quantitative estimate of drug-likeness (QED) is 0.638. The molecule has 1 saturated heterocycles. The lowest BCUT2D eigenvalue weighted by Crippen LogP contribution is -2.44. The predicted molar refractivity (Wildman–Crippen MR) is 97.0 cm³/mol. The zero-order valence-electron chi connectivity index (χ0n) is 12.6. The molecule has 0 aromatic heterocycles. The molecule has 0 atom stereocenters. The zero-order chi connectivity index (χ0) is 18.0. The number of halogens is 1. The topological polar surface area (TPSA) is 69.6 Å². The molecule has 1 aliphatic rings. The number of nitrogens with zero attached hydrogens (tertiary/aromatic N) is 1. The van der Waals surface area contributed by atoms with Crippen molar-refractivity contribution in [2.75, 3.05) is 0 Å². The third-order valence-electron chi connectivity index (χ3n) is 3.30. The fourth-order valence-corrected chi connectivity index (χ4v) is 3.23. The maximum atomic E-state index is 12.9. The number of hydrazine groups is 1. The van der Waals surface area contributed by atoms with Crippen LogP contribution in [-0.4, -0.2) is 26.3 Å². The molecule has 0 bridgehead atoms. The van der Waals surface area contributed by atoms with Crippen LogP contribution in [0.5, 0.6) is 5.75 Å². The molecule has 2 aromatic rings. The number of carbonyl (C=O) groups is 2. The Bertz CT molecular complexity index is 880. The Morgan fingerprint density at radius 1 is 1.16 bits per heavy atom. The number of phenolic OH excluding ortho intramolecular Hbond substituents is 1. The zero-order valence-corrected chi connectivity index (χ0v) is 14.2. The minimum Gasteiger partial charge on any atom is -0.508 e. The second-order valence-corrected chi connectivity index (χ2v) is 6.73. The average molecular weight is 374 g/mol. The van der Waals surface area contributed by atoms with Crippen molar-refractivity contribution >= 4 is 46.2 Å². The number of benzene rings is 2. The molecule has 1 aliphatic heterocycles. The fourth-order valence-electron chi connectivity index (χ4n) is 2.05. The SMILES string of the molecule is O=C(NN1C(=O)/C(=C/c2ccc(F)cc2)SC1=S)c1ccc(O)cc1. The lowest BCUT2D eigenvalue weighted by atomic mass is 10.2. The fraction of sp³-hybridized carbons (Fsp3) is 0. The Morgan fingerprint density at radius 2 is 1.80 bits per heavy atom. The highest BCUT2D eigenvalue weighted by atomic mass is 32.2. The van der Waals surface area contributed by atoms with E-state index >= 15 is 0 Å². The first-order valence-electron chi connectivity index (χ1n) is 7.07. The lowest BCUT2D eigenvalue weighted by molar-refractivity contribution is -0.123. The van der Waals surface area contributed by atoms with Gasteiger partial charge in [-0.25, -0.2) is 4.39 Å². The Hall–Kier alpha value is -2.71. The van der Waals surface area contributed by atoms with E-state index in [2.05, 4.69) is 5.43 Å². The van der Waals surface area contributed by atoms with E-state index in [1.165, 1.54) is 48.5 Å². The molecule has 0 spiro atoms. The molecule has 2 aromatic carbocycles. The molecule has 3 rings (SSSR count). The van der Waals surface area contributed by atoms with E-state index in [1.54, 1.807) is 6.08 Å². The summed E-state index contributed by atoms with van der Waals surface area (Å²) >= 11 is 6.17. The Morgan fingerprint density at radius 3 is 2.44 bits per heavy atom. The van der Waals surface area contributed by atoms with E-state index in [0.29, 0.717) is 10.5 Å².